The van der Waals surface area contributed by atoms with Crippen molar-refractivity contribution in [2.24, 2.45) is 0 Å². The predicted molar refractivity (Wildman–Crippen MR) is 280 cm³/mol. The van der Waals surface area contributed by atoms with E-state index in [2.05, 4.69) is 271 Å². The van der Waals surface area contributed by atoms with Crippen molar-refractivity contribution in [1.29, 1.82) is 0 Å². The molecule has 4 heteroatoms. The molecule has 0 bridgehead atoms. The second-order valence-corrected chi connectivity index (χ2v) is 17.2. The number of hydrogen-bond donors (Lipinski definition) is 1. The smallest absolute Gasteiger partial charge is 0.0541 e. The highest BCUT2D eigenvalue weighted by molar-refractivity contribution is 6.09. The molecule has 66 heavy (non-hydrogen) atoms. The van der Waals surface area contributed by atoms with Crippen LogP contribution in [0.5, 0.6) is 0 Å². The Kier molecular flexibility index (Phi) is 10.4. The van der Waals surface area contributed by atoms with E-state index in [1.165, 1.54) is 94.1 Å². The highest BCUT2D eigenvalue weighted by Gasteiger charge is 2.22. The summed E-state index contributed by atoms with van der Waals surface area (Å²) in [6.07, 6.45) is 0. The van der Waals surface area contributed by atoms with Crippen molar-refractivity contribution < 1.29 is 0 Å². The first-order valence-corrected chi connectivity index (χ1v) is 22.8. The van der Waals surface area contributed by atoms with Crippen LogP contribution in [-0.4, -0.2) is 13.7 Å². The molecule has 0 fully saturated rings. The number of fused-ring (bicyclic) bond motifs is 5. The van der Waals surface area contributed by atoms with E-state index in [1.807, 2.05) is 0 Å². The van der Waals surface area contributed by atoms with Crippen molar-refractivity contribution in [3.05, 3.63) is 247 Å². The molecular weight excluding hydrogens is 801 g/mol. The summed E-state index contributed by atoms with van der Waals surface area (Å²) in [5.74, 6) is 0. The Balaban J connectivity index is 0.000000199. The molecule has 0 radical (unpaired) electrons. The maximum absolute atomic E-state index is 3.81. The second-order valence-electron chi connectivity index (χ2n) is 17.2. The largest absolute Gasteiger partial charge is 0.355 e. The number of rotatable bonds is 7. The van der Waals surface area contributed by atoms with Crippen molar-refractivity contribution >= 4 is 55.0 Å². The summed E-state index contributed by atoms with van der Waals surface area (Å²) in [7, 11) is 0. The van der Waals surface area contributed by atoms with Crippen LogP contribution >= 0.6 is 0 Å². The van der Waals surface area contributed by atoms with Gasteiger partial charge in [0.25, 0.3) is 0 Å². The third-order valence-electron chi connectivity index (χ3n) is 13.1. The minimum absolute atomic E-state index is 1.06. The van der Waals surface area contributed by atoms with Crippen molar-refractivity contribution in [2.75, 3.05) is 5.32 Å². The number of anilines is 2. The molecular formula is C62H50N4. The summed E-state index contributed by atoms with van der Waals surface area (Å²) >= 11 is 0. The summed E-state index contributed by atoms with van der Waals surface area (Å²) in [6, 6.07) is 80.1. The standard InChI is InChI=1S/C43H35N3.C19H15N/c1-29-16-10-11-21-35(29)42-30(2)46(41-25-15-12-22-37(41)42)34-26-27-36(39(28-34)44-32-17-6-4-7-18-32)43-31(3)45(33-19-8-5-9-20-33)40-24-14-13-23-38(40)43;1-14-10-12-15(13-11-14)20-18-8-4-2-6-16(18)17-7-3-5-9-19(17)20/h4-28,44H,1-3H3;2-13H,1H3. The van der Waals surface area contributed by atoms with E-state index in [-0.39, 0.29) is 0 Å². The summed E-state index contributed by atoms with van der Waals surface area (Å²) < 4.78 is 7.13. The number of aryl methyl sites for hydroxylation is 2. The SMILES string of the molecule is Cc1ccc(-n2c3ccccc3c3ccccc32)cc1.Cc1ccccc1-c1c(C)n(-c2ccc(-c3c(C)n(-c4ccccc4)c4ccccc34)c(Nc3ccccc3)c2)c2ccccc12. The van der Waals surface area contributed by atoms with Crippen LogP contribution in [0.25, 0.3) is 82.9 Å². The molecule has 0 unspecified atom stereocenters. The lowest BCUT2D eigenvalue weighted by molar-refractivity contribution is 1.05. The fourth-order valence-electron chi connectivity index (χ4n) is 10.1. The Labute approximate surface area is 386 Å². The predicted octanol–water partition coefficient (Wildman–Crippen LogP) is 16.7. The molecule has 0 saturated heterocycles. The summed E-state index contributed by atoms with van der Waals surface area (Å²) in [5.41, 5.74) is 20.5. The molecule has 0 atom stereocenters. The first kappa shape index (κ1) is 40.4. The Morgan fingerprint density at radius 2 is 0.742 bits per heavy atom. The molecule has 0 aliphatic carbocycles. The van der Waals surface area contributed by atoms with Crippen LogP contribution in [-0.2, 0) is 0 Å². The van der Waals surface area contributed by atoms with Gasteiger partial charge in [-0.3, -0.25) is 0 Å². The normalized spacial score (nSPS) is 11.3. The minimum Gasteiger partial charge on any atom is -0.355 e. The molecule has 0 spiro atoms. The quantitative estimate of drug-likeness (QED) is 0.170. The van der Waals surface area contributed by atoms with Crippen LogP contribution in [0, 0.1) is 27.7 Å². The molecule has 4 nitrogen and oxygen atoms in total. The summed E-state index contributed by atoms with van der Waals surface area (Å²) in [5, 5.41) is 8.93. The van der Waals surface area contributed by atoms with E-state index in [4.69, 9.17) is 0 Å². The summed E-state index contributed by atoms with van der Waals surface area (Å²) in [4.78, 5) is 0. The van der Waals surface area contributed by atoms with Gasteiger partial charge in [-0.25, -0.2) is 0 Å². The van der Waals surface area contributed by atoms with Gasteiger partial charge in [-0.05, 0) is 112 Å². The molecule has 9 aromatic carbocycles. The van der Waals surface area contributed by atoms with Gasteiger partial charge in [0, 0.05) is 78.1 Å². The van der Waals surface area contributed by atoms with Crippen molar-refractivity contribution in [2.45, 2.75) is 27.7 Å². The van der Waals surface area contributed by atoms with Gasteiger partial charge in [-0.2, -0.15) is 0 Å². The number of aromatic nitrogens is 3. The van der Waals surface area contributed by atoms with E-state index < -0.39 is 0 Å². The third kappa shape index (κ3) is 7.04. The zero-order valence-electron chi connectivity index (χ0n) is 37.7. The maximum Gasteiger partial charge on any atom is 0.0541 e. The van der Waals surface area contributed by atoms with E-state index >= 15 is 0 Å². The first-order chi connectivity index (χ1) is 32.4. The van der Waals surface area contributed by atoms with Gasteiger partial charge < -0.3 is 19.0 Å². The van der Waals surface area contributed by atoms with Crippen LogP contribution in [0.2, 0.25) is 0 Å². The second kappa shape index (κ2) is 17.0. The van der Waals surface area contributed by atoms with Gasteiger partial charge in [0.1, 0.15) is 0 Å². The number of hydrogen-bond acceptors (Lipinski definition) is 1. The highest BCUT2D eigenvalue weighted by atomic mass is 15.0. The molecule has 0 aliphatic heterocycles. The Morgan fingerprint density at radius 3 is 1.32 bits per heavy atom. The van der Waals surface area contributed by atoms with Crippen LogP contribution in [0.15, 0.2) is 224 Å². The van der Waals surface area contributed by atoms with Gasteiger partial charge in [0.15, 0.2) is 0 Å². The molecule has 12 rings (SSSR count). The number of nitrogens with zero attached hydrogens (tertiary/aromatic N) is 3. The van der Waals surface area contributed by atoms with Gasteiger partial charge in [0.05, 0.1) is 22.1 Å². The molecule has 3 heterocycles. The van der Waals surface area contributed by atoms with E-state index in [1.54, 1.807) is 0 Å². The number of benzene rings is 9. The van der Waals surface area contributed by atoms with E-state index in [0.717, 1.165) is 22.7 Å². The molecule has 0 aliphatic rings. The lowest BCUT2D eigenvalue weighted by Crippen LogP contribution is -2.01. The Bertz CT molecular complexity index is 3650. The molecule has 0 amide bonds. The van der Waals surface area contributed by atoms with Crippen molar-refractivity contribution in [3.8, 4) is 39.3 Å². The molecule has 0 saturated carbocycles. The molecule has 318 valence electrons. The maximum atomic E-state index is 3.81. The van der Waals surface area contributed by atoms with Gasteiger partial charge in [-0.15, -0.1) is 0 Å². The first-order valence-electron chi connectivity index (χ1n) is 22.8. The average molecular weight is 851 g/mol. The fourth-order valence-corrected chi connectivity index (χ4v) is 10.1. The van der Waals surface area contributed by atoms with Crippen LogP contribution in [0.3, 0.4) is 0 Å². The fraction of sp³-hybridized carbons (Fsp3) is 0.0645. The van der Waals surface area contributed by atoms with Crippen molar-refractivity contribution in [3.63, 3.8) is 0 Å². The average Bonchev–Trinajstić information content (AvgIpc) is 3.96. The minimum atomic E-state index is 1.06. The molecule has 1 N–H and O–H groups in total. The topological polar surface area (TPSA) is 26.8 Å². The highest BCUT2D eigenvalue weighted by Crippen LogP contribution is 2.44. The zero-order valence-corrected chi connectivity index (χ0v) is 37.7. The zero-order chi connectivity index (χ0) is 44.7. The lowest BCUT2D eigenvalue weighted by Gasteiger charge is -2.17. The number of nitrogens with one attached hydrogen (secondary N) is 1. The Hall–Kier alpha value is -8.34. The summed E-state index contributed by atoms with van der Waals surface area (Å²) in [6.45, 7) is 8.81. The van der Waals surface area contributed by atoms with Crippen LogP contribution in [0.1, 0.15) is 22.5 Å². The third-order valence-corrected chi connectivity index (χ3v) is 13.1. The number of para-hydroxylation sites is 6. The van der Waals surface area contributed by atoms with E-state index in [0.29, 0.717) is 0 Å². The Morgan fingerprint density at radius 1 is 0.318 bits per heavy atom. The van der Waals surface area contributed by atoms with Gasteiger partial charge in [-0.1, -0.05) is 157 Å². The molecule has 12 aromatic rings. The lowest BCUT2D eigenvalue weighted by atomic mass is 9.98. The van der Waals surface area contributed by atoms with Crippen LogP contribution < -0.4 is 5.32 Å². The molecule has 3 aromatic heterocycles. The van der Waals surface area contributed by atoms with Crippen molar-refractivity contribution in [1.82, 2.24) is 13.7 Å². The van der Waals surface area contributed by atoms with Crippen LogP contribution in [0.4, 0.5) is 11.4 Å². The van der Waals surface area contributed by atoms with Gasteiger partial charge >= 0.3 is 0 Å². The van der Waals surface area contributed by atoms with Gasteiger partial charge in [0.2, 0.25) is 0 Å². The monoisotopic (exact) mass is 850 g/mol. The van der Waals surface area contributed by atoms with E-state index in [9.17, 15) is 0 Å².